The average molecular weight is 344 g/mol. The van der Waals surface area contributed by atoms with Gasteiger partial charge in [-0.2, -0.15) is 0 Å². The van der Waals surface area contributed by atoms with Crippen molar-refractivity contribution in [1.29, 1.82) is 0 Å². The van der Waals surface area contributed by atoms with E-state index in [2.05, 4.69) is 10.3 Å². The molecule has 1 aliphatic heterocycles. The van der Waals surface area contributed by atoms with Crippen LogP contribution < -0.4 is 5.32 Å². The standard InChI is InChI=1S/C13H14ClN3O4S/c1-3-21-12(18)13(2)11(22-7-15-13)16-9-5-4-8(14)6-10(9)17(19)20/h4-7,11,16H,3H2,1-2H3. The van der Waals surface area contributed by atoms with E-state index in [0.717, 1.165) is 0 Å². The largest absolute Gasteiger partial charge is 0.464 e. The zero-order valence-corrected chi connectivity index (χ0v) is 13.5. The number of aliphatic imine (C=N–C) groups is 1. The normalized spacial score (nSPS) is 23.3. The molecule has 0 spiro atoms. The molecular formula is C13H14ClN3O4S. The third kappa shape index (κ3) is 3.17. The quantitative estimate of drug-likeness (QED) is 0.501. The van der Waals surface area contributed by atoms with Crippen LogP contribution in [-0.4, -0.2) is 34.0 Å². The molecule has 2 unspecified atom stereocenters. The topological polar surface area (TPSA) is 93.8 Å². The molecule has 1 aromatic rings. The number of benzene rings is 1. The van der Waals surface area contributed by atoms with Gasteiger partial charge in [0.25, 0.3) is 5.69 Å². The van der Waals surface area contributed by atoms with Gasteiger partial charge in [0.05, 0.1) is 17.1 Å². The van der Waals surface area contributed by atoms with Crippen molar-refractivity contribution in [2.24, 2.45) is 4.99 Å². The molecule has 0 aromatic heterocycles. The zero-order valence-electron chi connectivity index (χ0n) is 11.9. The Morgan fingerprint density at radius 1 is 1.64 bits per heavy atom. The van der Waals surface area contributed by atoms with Crippen LogP contribution in [0.15, 0.2) is 23.2 Å². The third-order valence-corrected chi connectivity index (χ3v) is 4.47. The fraction of sp³-hybridized carbons (Fsp3) is 0.385. The number of rotatable bonds is 5. The number of ether oxygens (including phenoxy) is 1. The number of nitrogens with zero attached hydrogens (tertiary/aromatic N) is 2. The molecule has 22 heavy (non-hydrogen) atoms. The van der Waals surface area contributed by atoms with Crippen molar-refractivity contribution >= 4 is 46.3 Å². The summed E-state index contributed by atoms with van der Waals surface area (Å²) in [6.45, 7) is 3.57. The summed E-state index contributed by atoms with van der Waals surface area (Å²) in [5, 5.41) is 13.9. The van der Waals surface area contributed by atoms with E-state index in [4.69, 9.17) is 16.3 Å². The highest BCUT2D eigenvalue weighted by Gasteiger charge is 2.46. The summed E-state index contributed by atoms with van der Waals surface area (Å²) in [6.07, 6.45) is 0. The number of carbonyl (C=O) groups is 1. The molecule has 0 bridgehead atoms. The number of halogens is 1. The number of hydrogen-bond donors (Lipinski definition) is 1. The average Bonchev–Trinajstić information content (AvgIpc) is 2.83. The van der Waals surface area contributed by atoms with Gasteiger partial charge in [0.2, 0.25) is 0 Å². The Morgan fingerprint density at radius 2 is 2.36 bits per heavy atom. The second kappa shape index (κ2) is 6.53. The number of thioether (sulfide) groups is 1. The fourth-order valence-corrected chi connectivity index (χ4v) is 3.12. The summed E-state index contributed by atoms with van der Waals surface area (Å²) in [5.74, 6) is -0.481. The maximum atomic E-state index is 12.1. The molecule has 0 amide bonds. The highest BCUT2D eigenvalue weighted by molar-refractivity contribution is 8.13. The summed E-state index contributed by atoms with van der Waals surface area (Å²) >= 11 is 7.05. The van der Waals surface area contributed by atoms with E-state index in [1.165, 1.54) is 29.4 Å². The van der Waals surface area contributed by atoms with E-state index in [9.17, 15) is 14.9 Å². The van der Waals surface area contributed by atoms with Crippen LogP contribution in [0.2, 0.25) is 5.02 Å². The van der Waals surface area contributed by atoms with Gasteiger partial charge >= 0.3 is 5.97 Å². The van der Waals surface area contributed by atoms with Crippen LogP contribution in [0.5, 0.6) is 0 Å². The minimum atomic E-state index is -1.14. The minimum Gasteiger partial charge on any atom is -0.464 e. The van der Waals surface area contributed by atoms with Crippen LogP contribution in [-0.2, 0) is 9.53 Å². The number of nitrogens with one attached hydrogen (secondary N) is 1. The van der Waals surface area contributed by atoms with Crippen molar-refractivity contribution < 1.29 is 14.5 Å². The SMILES string of the molecule is CCOC(=O)C1(C)N=CSC1Nc1ccc(Cl)cc1[N+](=O)[O-]. The lowest BCUT2D eigenvalue weighted by atomic mass is 10.0. The van der Waals surface area contributed by atoms with Gasteiger partial charge in [-0.3, -0.25) is 15.1 Å². The van der Waals surface area contributed by atoms with Gasteiger partial charge in [-0.25, -0.2) is 4.79 Å². The van der Waals surface area contributed by atoms with Gasteiger partial charge in [0.15, 0.2) is 5.54 Å². The molecule has 0 radical (unpaired) electrons. The Bertz CT molecular complexity index is 640. The number of anilines is 1. The van der Waals surface area contributed by atoms with Crippen molar-refractivity contribution in [2.45, 2.75) is 24.8 Å². The second-order valence-electron chi connectivity index (χ2n) is 4.68. The van der Waals surface area contributed by atoms with Crippen molar-refractivity contribution in [3.05, 3.63) is 33.3 Å². The van der Waals surface area contributed by atoms with E-state index in [1.54, 1.807) is 19.9 Å². The molecule has 1 heterocycles. The van der Waals surface area contributed by atoms with Gasteiger partial charge < -0.3 is 10.1 Å². The predicted molar refractivity (Wildman–Crippen MR) is 86.6 cm³/mol. The molecule has 0 saturated heterocycles. The summed E-state index contributed by atoms with van der Waals surface area (Å²) in [5.41, 5.74) is 0.504. The maximum Gasteiger partial charge on any atom is 0.336 e. The number of nitro benzene ring substituents is 1. The molecule has 2 atom stereocenters. The predicted octanol–water partition coefficient (Wildman–Crippen LogP) is 3.08. The first-order chi connectivity index (χ1) is 10.4. The number of carbonyl (C=O) groups excluding carboxylic acids is 1. The smallest absolute Gasteiger partial charge is 0.336 e. The third-order valence-electron chi connectivity index (χ3n) is 3.16. The Hall–Kier alpha value is -1.80. The zero-order chi connectivity index (χ0) is 16.3. The van der Waals surface area contributed by atoms with E-state index in [0.29, 0.717) is 0 Å². The van der Waals surface area contributed by atoms with E-state index >= 15 is 0 Å². The van der Waals surface area contributed by atoms with E-state index < -0.39 is 21.8 Å². The van der Waals surface area contributed by atoms with Gasteiger partial charge in [-0.05, 0) is 26.0 Å². The lowest BCUT2D eigenvalue weighted by Gasteiger charge is -2.27. The minimum absolute atomic E-state index is 0.161. The van der Waals surface area contributed by atoms with Crippen LogP contribution in [0.25, 0.3) is 0 Å². The molecule has 1 N–H and O–H groups in total. The van der Waals surface area contributed by atoms with Gasteiger partial charge in [0.1, 0.15) is 11.1 Å². The molecule has 7 nitrogen and oxygen atoms in total. The Balaban J connectivity index is 2.27. The summed E-state index contributed by atoms with van der Waals surface area (Å²) in [6, 6.07) is 4.30. The number of esters is 1. The maximum absolute atomic E-state index is 12.1. The molecule has 118 valence electrons. The van der Waals surface area contributed by atoms with Gasteiger partial charge in [0, 0.05) is 11.1 Å². The van der Waals surface area contributed by atoms with Crippen LogP contribution in [0, 0.1) is 10.1 Å². The molecule has 0 saturated carbocycles. The molecule has 1 aliphatic rings. The highest BCUT2D eigenvalue weighted by Crippen LogP contribution is 2.37. The first-order valence-corrected chi connectivity index (χ1v) is 7.77. The molecule has 2 rings (SSSR count). The van der Waals surface area contributed by atoms with Crippen LogP contribution in [0.3, 0.4) is 0 Å². The van der Waals surface area contributed by atoms with Crippen molar-refractivity contribution in [1.82, 2.24) is 0 Å². The van der Waals surface area contributed by atoms with Crippen LogP contribution in [0.1, 0.15) is 13.8 Å². The molecule has 1 aromatic carbocycles. The van der Waals surface area contributed by atoms with Crippen molar-refractivity contribution in [3.8, 4) is 0 Å². The van der Waals surface area contributed by atoms with E-state index in [-0.39, 0.29) is 23.0 Å². The lowest BCUT2D eigenvalue weighted by Crippen LogP contribution is -2.46. The first kappa shape index (κ1) is 16.6. The van der Waals surface area contributed by atoms with Crippen LogP contribution >= 0.6 is 23.4 Å². The Labute approximate surface area is 136 Å². The highest BCUT2D eigenvalue weighted by atomic mass is 35.5. The lowest BCUT2D eigenvalue weighted by molar-refractivity contribution is -0.384. The fourth-order valence-electron chi connectivity index (χ4n) is 1.93. The molecule has 0 fully saturated rings. The first-order valence-electron chi connectivity index (χ1n) is 6.45. The summed E-state index contributed by atoms with van der Waals surface area (Å²) in [4.78, 5) is 26.8. The monoisotopic (exact) mass is 343 g/mol. The number of hydrogen-bond acceptors (Lipinski definition) is 7. The number of nitro groups is 1. The van der Waals surface area contributed by atoms with Gasteiger partial charge in [-0.1, -0.05) is 23.4 Å². The Kier molecular flexibility index (Phi) is 4.92. The molecule has 0 aliphatic carbocycles. The Morgan fingerprint density at radius 3 is 3.00 bits per heavy atom. The summed E-state index contributed by atoms with van der Waals surface area (Å²) in [7, 11) is 0. The van der Waals surface area contributed by atoms with Crippen molar-refractivity contribution in [3.63, 3.8) is 0 Å². The summed E-state index contributed by atoms with van der Waals surface area (Å²) < 4.78 is 5.03. The molecule has 9 heteroatoms. The van der Waals surface area contributed by atoms with Crippen LogP contribution in [0.4, 0.5) is 11.4 Å². The molecular weight excluding hydrogens is 330 g/mol. The van der Waals surface area contributed by atoms with Gasteiger partial charge in [-0.15, -0.1) is 0 Å². The second-order valence-corrected chi connectivity index (χ2v) is 6.07. The van der Waals surface area contributed by atoms with Crippen molar-refractivity contribution in [2.75, 3.05) is 11.9 Å². The van der Waals surface area contributed by atoms with E-state index in [1.807, 2.05) is 0 Å².